The molecule has 38 heavy (non-hydrogen) atoms. The third kappa shape index (κ3) is 7.70. The van der Waals surface area contributed by atoms with Crippen molar-refractivity contribution in [1.29, 1.82) is 0 Å². The van der Waals surface area contributed by atoms with Crippen molar-refractivity contribution in [2.75, 3.05) is 35.2 Å². The Kier molecular flexibility index (Phi) is 8.17. The highest BCUT2D eigenvalue weighted by Gasteiger charge is 2.25. The summed E-state index contributed by atoms with van der Waals surface area (Å²) >= 11 is 0. The van der Waals surface area contributed by atoms with Gasteiger partial charge in [-0.25, -0.2) is 19.2 Å². The molecule has 4 N–H and O–H groups in total. The fourth-order valence-electron chi connectivity index (χ4n) is 3.98. The van der Waals surface area contributed by atoms with Crippen LogP contribution in [0.1, 0.15) is 58.1 Å². The van der Waals surface area contributed by atoms with E-state index in [9.17, 15) is 9.18 Å². The second-order valence-corrected chi connectivity index (χ2v) is 10.3. The fourth-order valence-corrected chi connectivity index (χ4v) is 3.98. The van der Waals surface area contributed by atoms with Crippen molar-refractivity contribution in [2.24, 2.45) is 5.92 Å². The minimum Gasteiger partial charge on any atom is -0.444 e. The SMILES string of the molecule is Cc1cc(Nc2nc(N[C@@H](C)c3ncc(F)cn3)nc(N3CCC[C@@H](CNC(=O)OC(C)(C)C)C3)n2)n[nH]1. The van der Waals surface area contributed by atoms with Crippen molar-refractivity contribution in [3.05, 3.63) is 35.8 Å². The van der Waals surface area contributed by atoms with E-state index in [1.54, 1.807) is 0 Å². The van der Waals surface area contributed by atoms with Gasteiger partial charge in [-0.2, -0.15) is 20.1 Å². The molecule has 0 aromatic carbocycles. The molecule has 1 aliphatic heterocycles. The number of hydrogen-bond donors (Lipinski definition) is 4. The first-order chi connectivity index (χ1) is 18.0. The largest absolute Gasteiger partial charge is 0.444 e. The zero-order chi connectivity index (χ0) is 27.3. The first-order valence-electron chi connectivity index (χ1n) is 12.5. The molecule has 4 rings (SSSR count). The molecular weight excluding hydrogens is 493 g/mol. The Morgan fingerprint density at radius 1 is 1.24 bits per heavy atom. The summed E-state index contributed by atoms with van der Waals surface area (Å²) in [6, 6.07) is 1.45. The van der Waals surface area contributed by atoms with Gasteiger partial charge in [-0.05, 0) is 53.4 Å². The Bertz CT molecular complexity index is 1230. The van der Waals surface area contributed by atoms with Crippen LogP contribution in [0.5, 0.6) is 0 Å². The summed E-state index contributed by atoms with van der Waals surface area (Å²) in [6.07, 6.45) is 3.67. The number of H-pyrrole nitrogens is 1. The maximum atomic E-state index is 13.3. The molecule has 1 aliphatic rings. The lowest BCUT2D eigenvalue weighted by atomic mass is 9.98. The predicted octanol–water partition coefficient (Wildman–Crippen LogP) is 3.49. The van der Waals surface area contributed by atoms with E-state index in [2.05, 4.69) is 56.0 Å². The number of carbonyl (C=O) groups excluding carboxylic acids is 1. The van der Waals surface area contributed by atoms with Crippen LogP contribution in [0.25, 0.3) is 0 Å². The summed E-state index contributed by atoms with van der Waals surface area (Å²) in [5, 5.41) is 16.2. The maximum absolute atomic E-state index is 13.3. The van der Waals surface area contributed by atoms with Gasteiger partial charge < -0.3 is 25.6 Å². The zero-order valence-electron chi connectivity index (χ0n) is 22.2. The third-order valence-corrected chi connectivity index (χ3v) is 5.68. The average Bonchev–Trinajstić information content (AvgIpc) is 3.26. The number of anilines is 4. The number of aromatic nitrogens is 7. The fraction of sp³-hybridized carbons (Fsp3) is 0.542. The first kappa shape index (κ1) is 26.9. The van der Waals surface area contributed by atoms with Crippen molar-refractivity contribution in [3.8, 4) is 0 Å². The molecule has 2 atom stereocenters. The smallest absolute Gasteiger partial charge is 0.407 e. The van der Waals surface area contributed by atoms with Gasteiger partial charge in [0.25, 0.3) is 0 Å². The van der Waals surface area contributed by atoms with Gasteiger partial charge in [0.15, 0.2) is 11.6 Å². The Labute approximate surface area is 220 Å². The van der Waals surface area contributed by atoms with Crippen LogP contribution in [0, 0.1) is 18.7 Å². The number of aromatic amines is 1. The summed E-state index contributed by atoms with van der Waals surface area (Å²) in [5.74, 6) is 1.75. The third-order valence-electron chi connectivity index (χ3n) is 5.68. The normalized spacial score (nSPS) is 16.6. The summed E-state index contributed by atoms with van der Waals surface area (Å²) in [7, 11) is 0. The lowest BCUT2D eigenvalue weighted by molar-refractivity contribution is 0.0517. The number of nitrogens with one attached hydrogen (secondary N) is 4. The molecule has 4 heterocycles. The topological polar surface area (TPSA) is 159 Å². The standard InChI is InChI=1S/C24H34FN11O2/c1-14-9-18(35-34-14)30-21-31-20(29-15(2)19-26-11-17(25)12-27-19)32-22(33-21)36-8-6-7-16(13-36)10-28-23(37)38-24(3,4)5/h9,11-12,15-16H,6-8,10,13H2,1-5H3,(H,28,37)(H3,29,30,31,32,33,34,35)/t15-,16-/m0/s1. The van der Waals surface area contributed by atoms with Gasteiger partial charge in [0.2, 0.25) is 17.8 Å². The van der Waals surface area contributed by atoms with E-state index >= 15 is 0 Å². The molecule has 1 amide bonds. The first-order valence-corrected chi connectivity index (χ1v) is 12.5. The molecule has 13 nitrogen and oxygen atoms in total. The maximum Gasteiger partial charge on any atom is 0.407 e. The van der Waals surface area contributed by atoms with Crippen LogP contribution in [0.15, 0.2) is 18.5 Å². The van der Waals surface area contributed by atoms with Crippen LogP contribution in [-0.2, 0) is 4.74 Å². The highest BCUT2D eigenvalue weighted by atomic mass is 19.1. The quantitative estimate of drug-likeness (QED) is 0.340. The van der Waals surface area contributed by atoms with Crippen LogP contribution in [0.3, 0.4) is 0 Å². The Morgan fingerprint density at radius 3 is 2.66 bits per heavy atom. The molecule has 1 saturated heterocycles. The Morgan fingerprint density at radius 2 is 1.97 bits per heavy atom. The summed E-state index contributed by atoms with van der Waals surface area (Å²) in [5.41, 5.74) is 0.335. The van der Waals surface area contributed by atoms with Crippen LogP contribution in [0.2, 0.25) is 0 Å². The molecule has 0 saturated carbocycles. The molecule has 0 radical (unpaired) electrons. The van der Waals surface area contributed by atoms with E-state index in [0.29, 0.717) is 42.6 Å². The lowest BCUT2D eigenvalue weighted by Gasteiger charge is -2.33. The molecular formula is C24H34FN11O2. The molecule has 3 aromatic rings. The molecule has 3 aromatic heterocycles. The van der Waals surface area contributed by atoms with Gasteiger partial charge >= 0.3 is 6.09 Å². The van der Waals surface area contributed by atoms with Gasteiger partial charge in [0, 0.05) is 31.4 Å². The number of piperidine rings is 1. The Hall–Kier alpha value is -4.10. The second-order valence-electron chi connectivity index (χ2n) is 10.3. The second kappa shape index (κ2) is 11.5. The van der Waals surface area contributed by atoms with Crippen LogP contribution < -0.4 is 20.9 Å². The predicted molar refractivity (Wildman–Crippen MR) is 140 cm³/mol. The number of hydrogen-bond acceptors (Lipinski definition) is 11. The number of carbonyl (C=O) groups is 1. The van der Waals surface area contributed by atoms with E-state index in [0.717, 1.165) is 37.5 Å². The Balaban J connectivity index is 1.51. The van der Waals surface area contributed by atoms with E-state index in [4.69, 9.17) is 4.74 Å². The van der Waals surface area contributed by atoms with Gasteiger partial charge in [0.05, 0.1) is 18.4 Å². The van der Waals surface area contributed by atoms with Gasteiger partial charge in [-0.3, -0.25) is 5.10 Å². The molecule has 0 unspecified atom stereocenters. The number of amides is 1. The van der Waals surface area contributed by atoms with Crippen LogP contribution in [0.4, 0.5) is 32.8 Å². The summed E-state index contributed by atoms with van der Waals surface area (Å²) in [6.45, 7) is 11.1. The summed E-state index contributed by atoms with van der Waals surface area (Å²) in [4.78, 5) is 36.1. The van der Waals surface area contributed by atoms with Crippen molar-refractivity contribution >= 4 is 29.8 Å². The van der Waals surface area contributed by atoms with E-state index in [1.165, 1.54) is 0 Å². The number of rotatable bonds is 8. The van der Waals surface area contributed by atoms with E-state index in [-0.39, 0.29) is 5.92 Å². The molecule has 0 aliphatic carbocycles. The van der Waals surface area contributed by atoms with Crippen molar-refractivity contribution < 1.29 is 13.9 Å². The number of halogens is 1. The average molecular weight is 528 g/mol. The molecule has 204 valence electrons. The zero-order valence-corrected chi connectivity index (χ0v) is 22.2. The molecule has 1 fully saturated rings. The lowest BCUT2D eigenvalue weighted by Crippen LogP contribution is -2.43. The minimum atomic E-state index is -0.552. The van der Waals surface area contributed by atoms with Gasteiger partial charge in [-0.1, -0.05) is 0 Å². The summed E-state index contributed by atoms with van der Waals surface area (Å²) < 4.78 is 18.6. The highest BCUT2D eigenvalue weighted by Crippen LogP contribution is 2.24. The molecule has 0 bridgehead atoms. The van der Waals surface area contributed by atoms with Crippen molar-refractivity contribution in [2.45, 2.75) is 59.1 Å². The van der Waals surface area contributed by atoms with Gasteiger partial charge in [0.1, 0.15) is 11.4 Å². The molecule has 0 spiro atoms. The number of alkyl carbamates (subject to hydrolysis) is 1. The van der Waals surface area contributed by atoms with Crippen LogP contribution in [-0.4, -0.2) is 66.4 Å². The minimum absolute atomic E-state index is 0.196. The number of aryl methyl sites for hydroxylation is 1. The number of nitrogens with zero attached hydrogens (tertiary/aromatic N) is 7. The highest BCUT2D eigenvalue weighted by molar-refractivity contribution is 5.67. The van der Waals surface area contributed by atoms with Crippen molar-refractivity contribution in [1.82, 2.24) is 40.4 Å². The van der Waals surface area contributed by atoms with Crippen molar-refractivity contribution in [3.63, 3.8) is 0 Å². The van der Waals surface area contributed by atoms with E-state index in [1.807, 2.05) is 40.7 Å². The van der Waals surface area contributed by atoms with Crippen LogP contribution >= 0.6 is 0 Å². The van der Waals surface area contributed by atoms with Gasteiger partial charge in [-0.15, -0.1) is 0 Å². The number of ether oxygens (including phenoxy) is 1. The van der Waals surface area contributed by atoms with E-state index < -0.39 is 23.6 Å². The molecule has 14 heteroatoms. The monoisotopic (exact) mass is 527 g/mol.